The summed E-state index contributed by atoms with van der Waals surface area (Å²) in [6.45, 7) is 9.53. The largest absolute Gasteiger partial charge is 0.377 e. The Hall–Kier alpha value is -0.810. The SMILES string of the molecule is CC1(C)COCCN1C(=O)N1CCNCC1. The normalized spacial score (nSPS) is 25.6. The van der Waals surface area contributed by atoms with Gasteiger partial charge in [-0.2, -0.15) is 0 Å². The van der Waals surface area contributed by atoms with Crippen molar-refractivity contribution in [2.45, 2.75) is 19.4 Å². The summed E-state index contributed by atoms with van der Waals surface area (Å²) in [7, 11) is 0. The van der Waals surface area contributed by atoms with Crippen LogP contribution in [0, 0.1) is 0 Å². The molecule has 0 spiro atoms. The maximum Gasteiger partial charge on any atom is 0.320 e. The number of hydrogen-bond donors (Lipinski definition) is 1. The molecule has 0 saturated carbocycles. The first kappa shape index (κ1) is 11.7. The summed E-state index contributed by atoms with van der Waals surface area (Å²) in [6, 6.07) is 0.162. The number of urea groups is 1. The summed E-state index contributed by atoms with van der Waals surface area (Å²) < 4.78 is 5.43. The Balaban J connectivity index is 2.01. The van der Waals surface area contributed by atoms with E-state index in [0.717, 1.165) is 26.2 Å². The van der Waals surface area contributed by atoms with Crippen LogP contribution in [0.1, 0.15) is 13.8 Å². The molecule has 92 valence electrons. The quantitative estimate of drug-likeness (QED) is 0.639. The van der Waals surface area contributed by atoms with Crippen molar-refractivity contribution in [2.24, 2.45) is 0 Å². The van der Waals surface area contributed by atoms with Gasteiger partial charge < -0.3 is 19.9 Å². The van der Waals surface area contributed by atoms with Gasteiger partial charge in [-0.15, -0.1) is 0 Å². The lowest BCUT2D eigenvalue weighted by atomic mass is 10.0. The molecule has 2 fully saturated rings. The molecule has 0 unspecified atom stereocenters. The molecule has 0 aromatic carbocycles. The minimum absolute atomic E-state index is 0.162. The van der Waals surface area contributed by atoms with E-state index in [2.05, 4.69) is 19.2 Å². The van der Waals surface area contributed by atoms with Gasteiger partial charge in [-0.1, -0.05) is 0 Å². The van der Waals surface area contributed by atoms with Crippen LogP contribution >= 0.6 is 0 Å². The van der Waals surface area contributed by atoms with E-state index in [1.807, 2.05) is 9.80 Å². The average molecular weight is 227 g/mol. The van der Waals surface area contributed by atoms with Crippen LogP contribution < -0.4 is 5.32 Å². The van der Waals surface area contributed by atoms with E-state index in [1.165, 1.54) is 0 Å². The van der Waals surface area contributed by atoms with Gasteiger partial charge in [-0.3, -0.25) is 0 Å². The van der Waals surface area contributed by atoms with Crippen molar-refractivity contribution in [1.29, 1.82) is 0 Å². The van der Waals surface area contributed by atoms with Crippen molar-refractivity contribution in [3.05, 3.63) is 0 Å². The standard InChI is InChI=1S/C11H21N3O2/c1-11(2)9-16-8-7-14(11)10(15)13-5-3-12-4-6-13/h12H,3-9H2,1-2H3. The fraction of sp³-hybridized carbons (Fsp3) is 0.909. The van der Waals surface area contributed by atoms with Gasteiger partial charge in [0.05, 0.1) is 18.8 Å². The second-order valence-corrected chi connectivity index (χ2v) is 5.04. The molecule has 2 rings (SSSR count). The average Bonchev–Trinajstić information content (AvgIpc) is 2.29. The lowest BCUT2D eigenvalue weighted by Gasteiger charge is -2.44. The van der Waals surface area contributed by atoms with Crippen LogP contribution in [0.4, 0.5) is 4.79 Å². The number of piperazine rings is 1. The van der Waals surface area contributed by atoms with Crippen molar-refractivity contribution in [2.75, 3.05) is 45.9 Å². The third kappa shape index (κ3) is 2.30. The summed E-state index contributed by atoms with van der Waals surface area (Å²) in [5, 5.41) is 3.26. The molecule has 0 aromatic heterocycles. The molecule has 16 heavy (non-hydrogen) atoms. The summed E-state index contributed by atoms with van der Waals surface area (Å²) >= 11 is 0. The second-order valence-electron chi connectivity index (χ2n) is 5.04. The van der Waals surface area contributed by atoms with Gasteiger partial charge in [-0.25, -0.2) is 4.79 Å². The number of ether oxygens (including phenoxy) is 1. The highest BCUT2D eigenvalue weighted by atomic mass is 16.5. The number of nitrogens with one attached hydrogen (secondary N) is 1. The molecule has 5 heteroatoms. The maximum atomic E-state index is 12.3. The van der Waals surface area contributed by atoms with E-state index >= 15 is 0 Å². The number of nitrogens with zero attached hydrogens (tertiary/aromatic N) is 2. The van der Waals surface area contributed by atoms with Gasteiger partial charge in [0.2, 0.25) is 0 Å². The smallest absolute Gasteiger partial charge is 0.320 e. The van der Waals surface area contributed by atoms with Crippen molar-refractivity contribution in [3.8, 4) is 0 Å². The molecule has 2 heterocycles. The van der Waals surface area contributed by atoms with E-state index in [0.29, 0.717) is 19.8 Å². The first-order valence-electron chi connectivity index (χ1n) is 5.96. The molecular formula is C11H21N3O2. The van der Waals surface area contributed by atoms with E-state index in [-0.39, 0.29) is 11.6 Å². The molecule has 2 aliphatic heterocycles. The zero-order valence-electron chi connectivity index (χ0n) is 10.2. The third-order valence-electron chi connectivity index (χ3n) is 3.26. The summed E-state index contributed by atoms with van der Waals surface area (Å²) in [4.78, 5) is 16.2. The van der Waals surface area contributed by atoms with Crippen molar-refractivity contribution >= 4 is 6.03 Å². The molecule has 2 saturated heterocycles. The van der Waals surface area contributed by atoms with Crippen LogP contribution in [0.25, 0.3) is 0 Å². The first-order chi connectivity index (χ1) is 7.61. The molecular weight excluding hydrogens is 206 g/mol. The molecule has 0 atom stereocenters. The maximum absolute atomic E-state index is 12.3. The molecule has 1 N–H and O–H groups in total. The molecule has 0 radical (unpaired) electrons. The second kappa shape index (κ2) is 4.59. The number of hydrogen-bond acceptors (Lipinski definition) is 3. The topological polar surface area (TPSA) is 44.8 Å². The molecule has 5 nitrogen and oxygen atoms in total. The highest BCUT2D eigenvalue weighted by molar-refractivity contribution is 5.75. The molecule has 2 aliphatic rings. The van der Waals surface area contributed by atoms with Crippen molar-refractivity contribution in [1.82, 2.24) is 15.1 Å². The monoisotopic (exact) mass is 227 g/mol. The molecule has 0 aromatic rings. The zero-order valence-corrected chi connectivity index (χ0v) is 10.2. The third-order valence-corrected chi connectivity index (χ3v) is 3.26. The number of amides is 2. The Kier molecular flexibility index (Phi) is 3.35. The van der Waals surface area contributed by atoms with E-state index in [9.17, 15) is 4.79 Å². The van der Waals surface area contributed by atoms with Gasteiger partial charge in [0, 0.05) is 32.7 Å². The van der Waals surface area contributed by atoms with Crippen LogP contribution in [-0.4, -0.2) is 67.3 Å². The first-order valence-corrected chi connectivity index (χ1v) is 5.96. The number of rotatable bonds is 0. The van der Waals surface area contributed by atoms with Gasteiger partial charge in [0.1, 0.15) is 0 Å². The van der Waals surface area contributed by atoms with E-state index in [4.69, 9.17) is 4.74 Å². The minimum Gasteiger partial charge on any atom is -0.377 e. The van der Waals surface area contributed by atoms with Crippen LogP contribution in [0.15, 0.2) is 0 Å². The Morgan fingerprint density at radius 3 is 2.56 bits per heavy atom. The number of carbonyl (C=O) groups is 1. The zero-order chi connectivity index (χ0) is 11.6. The fourth-order valence-electron chi connectivity index (χ4n) is 2.24. The van der Waals surface area contributed by atoms with Crippen molar-refractivity contribution < 1.29 is 9.53 Å². The van der Waals surface area contributed by atoms with E-state index < -0.39 is 0 Å². The van der Waals surface area contributed by atoms with Gasteiger partial charge in [-0.05, 0) is 13.8 Å². The summed E-state index contributed by atoms with van der Waals surface area (Å²) in [6.07, 6.45) is 0. The summed E-state index contributed by atoms with van der Waals surface area (Å²) in [5.41, 5.74) is -0.180. The minimum atomic E-state index is -0.180. The highest BCUT2D eigenvalue weighted by Gasteiger charge is 2.36. The van der Waals surface area contributed by atoms with E-state index in [1.54, 1.807) is 0 Å². The predicted molar refractivity (Wildman–Crippen MR) is 61.4 cm³/mol. The Morgan fingerprint density at radius 2 is 1.94 bits per heavy atom. The van der Waals surface area contributed by atoms with Crippen molar-refractivity contribution in [3.63, 3.8) is 0 Å². The molecule has 0 bridgehead atoms. The molecule has 0 aliphatic carbocycles. The number of morpholine rings is 1. The van der Waals surface area contributed by atoms with Crippen LogP contribution in [-0.2, 0) is 4.74 Å². The van der Waals surface area contributed by atoms with Crippen LogP contribution in [0.2, 0.25) is 0 Å². The fourth-order valence-corrected chi connectivity index (χ4v) is 2.24. The van der Waals surface area contributed by atoms with Crippen LogP contribution in [0.5, 0.6) is 0 Å². The Bertz CT molecular complexity index is 262. The predicted octanol–water partition coefficient (Wildman–Crippen LogP) is 0.122. The molecule has 2 amide bonds. The Morgan fingerprint density at radius 1 is 1.25 bits per heavy atom. The van der Waals surface area contributed by atoms with Gasteiger partial charge in [0.25, 0.3) is 0 Å². The lowest BCUT2D eigenvalue weighted by molar-refractivity contribution is -0.0355. The lowest BCUT2D eigenvalue weighted by Crippen LogP contribution is -2.61. The summed E-state index contributed by atoms with van der Waals surface area (Å²) in [5.74, 6) is 0. The highest BCUT2D eigenvalue weighted by Crippen LogP contribution is 2.20. The Labute approximate surface area is 96.7 Å². The van der Waals surface area contributed by atoms with Gasteiger partial charge in [0.15, 0.2) is 0 Å². The number of carbonyl (C=O) groups excluding carboxylic acids is 1. The van der Waals surface area contributed by atoms with Crippen LogP contribution in [0.3, 0.4) is 0 Å². The van der Waals surface area contributed by atoms with Gasteiger partial charge >= 0.3 is 6.03 Å².